The summed E-state index contributed by atoms with van der Waals surface area (Å²) in [6.07, 6.45) is 3.49. The second-order valence-electron chi connectivity index (χ2n) is 6.21. The summed E-state index contributed by atoms with van der Waals surface area (Å²) in [5.41, 5.74) is 0.770. The van der Waals surface area contributed by atoms with E-state index in [0.717, 1.165) is 11.0 Å². The van der Waals surface area contributed by atoms with Gasteiger partial charge in [-0.05, 0) is 24.0 Å². The van der Waals surface area contributed by atoms with Gasteiger partial charge in [0, 0.05) is 18.0 Å². The van der Waals surface area contributed by atoms with Gasteiger partial charge in [-0.25, -0.2) is 8.42 Å². The topological polar surface area (TPSA) is 92.5 Å². The minimum absolute atomic E-state index is 0.246. The molecule has 1 aromatic heterocycles. The lowest BCUT2D eigenvalue weighted by atomic mass is 10.1. The first-order chi connectivity index (χ1) is 12.4. The van der Waals surface area contributed by atoms with Crippen LogP contribution in [0.5, 0.6) is 0 Å². The predicted molar refractivity (Wildman–Crippen MR) is 101 cm³/mol. The molecule has 0 saturated heterocycles. The molecule has 0 spiro atoms. The first-order valence-electron chi connectivity index (χ1n) is 8.30. The van der Waals surface area contributed by atoms with Crippen LogP contribution in [0.1, 0.15) is 25.8 Å². The summed E-state index contributed by atoms with van der Waals surface area (Å²) in [4.78, 5) is 12.2. The van der Waals surface area contributed by atoms with Crippen molar-refractivity contribution in [3.8, 4) is 0 Å². The third kappa shape index (κ3) is 6.45. The fourth-order valence-corrected chi connectivity index (χ4v) is 3.29. The normalized spacial score (nSPS) is 12.2. The highest BCUT2D eigenvalue weighted by Crippen LogP contribution is 2.12. The fraction of sp³-hybridized carbons (Fsp3) is 0.333. The molecule has 140 valence electrons. The molecule has 1 amide bonds. The summed E-state index contributed by atoms with van der Waals surface area (Å²) in [5, 5.41) is 7.23. The molecule has 2 rings (SSSR count). The number of hydrogen-bond acceptors (Lipinski definition) is 5. The van der Waals surface area contributed by atoms with Gasteiger partial charge in [0.15, 0.2) is 5.82 Å². The standard InChI is InChI=1S/C18H23N3O4S/c1-15(2)8-11-21(14-18(22)19-17-9-12-25-20-17)26(23,24)13-10-16-6-4-3-5-7-16/h3-7,9-10,12-13,15H,8,11,14H2,1-2H3,(H,19,20,22)/b13-10+. The Balaban J connectivity index is 2.11. The van der Waals surface area contributed by atoms with Crippen molar-refractivity contribution in [2.75, 3.05) is 18.4 Å². The Bertz CT molecular complexity index is 815. The summed E-state index contributed by atoms with van der Waals surface area (Å²) < 4.78 is 31.2. The number of nitrogens with one attached hydrogen (secondary N) is 1. The minimum Gasteiger partial charge on any atom is -0.363 e. The van der Waals surface area contributed by atoms with E-state index >= 15 is 0 Å². The second-order valence-corrected chi connectivity index (χ2v) is 8.03. The van der Waals surface area contributed by atoms with Crippen LogP contribution in [-0.4, -0.2) is 36.9 Å². The van der Waals surface area contributed by atoms with Crippen molar-refractivity contribution in [2.45, 2.75) is 20.3 Å². The van der Waals surface area contributed by atoms with Crippen LogP contribution >= 0.6 is 0 Å². The van der Waals surface area contributed by atoms with Crippen molar-refractivity contribution >= 4 is 27.8 Å². The molecule has 0 saturated carbocycles. The maximum absolute atomic E-state index is 12.7. The van der Waals surface area contributed by atoms with Crippen molar-refractivity contribution in [3.63, 3.8) is 0 Å². The van der Waals surface area contributed by atoms with E-state index in [-0.39, 0.29) is 18.9 Å². The highest BCUT2D eigenvalue weighted by Gasteiger charge is 2.22. The Morgan fingerprint density at radius 3 is 2.62 bits per heavy atom. The van der Waals surface area contributed by atoms with Crippen LogP contribution in [0.4, 0.5) is 5.82 Å². The van der Waals surface area contributed by atoms with Gasteiger partial charge in [0.25, 0.3) is 0 Å². The van der Waals surface area contributed by atoms with Crippen LogP contribution in [0, 0.1) is 5.92 Å². The molecule has 8 heteroatoms. The molecule has 26 heavy (non-hydrogen) atoms. The van der Waals surface area contributed by atoms with Crippen LogP contribution in [0.15, 0.2) is 52.6 Å². The lowest BCUT2D eigenvalue weighted by molar-refractivity contribution is -0.116. The highest BCUT2D eigenvalue weighted by molar-refractivity contribution is 7.92. The van der Waals surface area contributed by atoms with Gasteiger partial charge in [0.05, 0.1) is 6.54 Å². The fourth-order valence-electron chi connectivity index (χ4n) is 2.13. The van der Waals surface area contributed by atoms with Crippen molar-refractivity contribution < 1.29 is 17.7 Å². The quantitative estimate of drug-likeness (QED) is 0.725. The van der Waals surface area contributed by atoms with Crippen LogP contribution in [0.25, 0.3) is 6.08 Å². The lowest BCUT2D eigenvalue weighted by Gasteiger charge is -2.20. The first-order valence-corrected chi connectivity index (χ1v) is 9.80. The third-order valence-corrected chi connectivity index (χ3v) is 5.08. The van der Waals surface area contributed by atoms with Crippen molar-refractivity contribution in [2.24, 2.45) is 5.92 Å². The Kier molecular flexibility index (Phi) is 7.11. The van der Waals surface area contributed by atoms with E-state index in [1.807, 2.05) is 44.2 Å². The zero-order valence-corrected chi connectivity index (χ0v) is 15.6. The summed E-state index contributed by atoms with van der Waals surface area (Å²) >= 11 is 0. The van der Waals surface area contributed by atoms with Gasteiger partial charge in [-0.2, -0.15) is 4.31 Å². The number of benzene rings is 1. The number of sulfonamides is 1. The van der Waals surface area contributed by atoms with Crippen molar-refractivity contribution in [1.29, 1.82) is 0 Å². The Labute approximate surface area is 153 Å². The number of carbonyl (C=O) groups is 1. The van der Waals surface area contributed by atoms with Gasteiger partial charge in [-0.1, -0.05) is 49.3 Å². The van der Waals surface area contributed by atoms with E-state index in [9.17, 15) is 13.2 Å². The zero-order chi connectivity index (χ0) is 19.0. The van der Waals surface area contributed by atoms with Gasteiger partial charge in [-0.3, -0.25) is 4.79 Å². The average molecular weight is 377 g/mol. The van der Waals surface area contributed by atoms with E-state index < -0.39 is 15.9 Å². The molecule has 0 aliphatic heterocycles. The number of nitrogens with zero attached hydrogens (tertiary/aromatic N) is 2. The molecule has 1 aromatic carbocycles. The first kappa shape index (κ1) is 19.9. The van der Waals surface area contributed by atoms with Gasteiger partial charge in [-0.15, -0.1) is 0 Å². The zero-order valence-electron chi connectivity index (χ0n) is 14.8. The van der Waals surface area contributed by atoms with Gasteiger partial charge < -0.3 is 9.84 Å². The predicted octanol–water partition coefficient (Wildman–Crippen LogP) is 2.96. The maximum Gasteiger partial charge on any atom is 0.240 e. The van der Waals surface area contributed by atoms with Gasteiger partial charge >= 0.3 is 0 Å². The molecule has 0 aliphatic rings. The molecule has 0 fully saturated rings. The minimum atomic E-state index is -3.74. The molecule has 7 nitrogen and oxygen atoms in total. The van der Waals surface area contributed by atoms with E-state index in [2.05, 4.69) is 15.0 Å². The van der Waals surface area contributed by atoms with Crippen molar-refractivity contribution in [1.82, 2.24) is 9.46 Å². The Morgan fingerprint density at radius 1 is 1.27 bits per heavy atom. The number of aromatic nitrogens is 1. The largest absolute Gasteiger partial charge is 0.363 e. The molecule has 0 bridgehead atoms. The third-order valence-electron chi connectivity index (χ3n) is 3.57. The Morgan fingerprint density at radius 2 is 2.00 bits per heavy atom. The van der Waals surface area contributed by atoms with Crippen LogP contribution in [0.3, 0.4) is 0 Å². The molecule has 2 aromatic rings. The molecule has 0 radical (unpaired) electrons. The van der Waals surface area contributed by atoms with Crippen LogP contribution in [-0.2, 0) is 14.8 Å². The van der Waals surface area contributed by atoms with Crippen LogP contribution < -0.4 is 5.32 Å². The lowest BCUT2D eigenvalue weighted by Crippen LogP contribution is -2.38. The molecule has 1 N–H and O–H groups in total. The second kappa shape index (κ2) is 9.30. The van der Waals surface area contributed by atoms with Gasteiger partial charge in [0.2, 0.25) is 15.9 Å². The molecule has 0 unspecified atom stereocenters. The van der Waals surface area contributed by atoms with E-state index in [1.165, 1.54) is 22.7 Å². The molecule has 0 atom stereocenters. The highest BCUT2D eigenvalue weighted by atomic mass is 32.2. The number of rotatable bonds is 9. The smallest absolute Gasteiger partial charge is 0.240 e. The summed E-state index contributed by atoms with van der Waals surface area (Å²) in [6.45, 7) is 3.96. The Hall–Kier alpha value is -2.45. The van der Waals surface area contributed by atoms with Crippen molar-refractivity contribution in [3.05, 3.63) is 53.6 Å². The van der Waals surface area contributed by atoms with E-state index in [4.69, 9.17) is 0 Å². The van der Waals surface area contributed by atoms with E-state index in [1.54, 1.807) is 0 Å². The van der Waals surface area contributed by atoms with E-state index in [0.29, 0.717) is 12.3 Å². The monoisotopic (exact) mass is 377 g/mol. The summed E-state index contributed by atoms with van der Waals surface area (Å²) in [5.74, 6) is 0.0831. The maximum atomic E-state index is 12.7. The number of carbonyl (C=O) groups excluding carboxylic acids is 1. The summed E-state index contributed by atoms with van der Waals surface area (Å²) in [6, 6.07) is 10.6. The molecule has 0 aliphatic carbocycles. The number of anilines is 1. The molecular weight excluding hydrogens is 354 g/mol. The number of hydrogen-bond donors (Lipinski definition) is 1. The van der Waals surface area contributed by atoms with Gasteiger partial charge in [0.1, 0.15) is 6.26 Å². The van der Waals surface area contributed by atoms with Crippen LogP contribution in [0.2, 0.25) is 0 Å². The SMILES string of the molecule is CC(C)CCN(CC(=O)Nc1ccon1)S(=O)(=O)/C=C/c1ccccc1. The average Bonchev–Trinajstić information content (AvgIpc) is 3.10. The molecule has 1 heterocycles. The number of amides is 1. The summed E-state index contributed by atoms with van der Waals surface area (Å²) in [7, 11) is -3.74. The molecular formula is C18H23N3O4S.